The summed E-state index contributed by atoms with van der Waals surface area (Å²) in [6.45, 7) is 4.27. The van der Waals surface area contributed by atoms with Gasteiger partial charge in [-0.1, -0.05) is 66.7 Å². The predicted molar refractivity (Wildman–Crippen MR) is 127 cm³/mol. The average molecular weight is 413 g/mol. The monoisotopic (exact) mass is 412 g/mol. The Morgan fingerprint density at radius 3 is 2.23 bits per heavy atom. The van der Waals surface area contributed by atoms with Crippen LogP contribution in [0, 0.1) is 5.92 Å². The Balaban J connectivity index is 1.48. The van der Waals surface area contributed by atoms with Gasteiger partial charge in [-0.25, -0.2) is 0 Å². The van der Waals surface area contributed by atoms with Gasteiger partial charge in [-0.05, 0) is 68.9 Å². The summed E-state index contributed by atoms with van der Waals surface area (Å²) in [4.78, 5) is 0. The first-order chi connectivity index (χ1) is 15.4. The van der Waals surface area contributed by atoms with Crippen LogP contribution in [0.3, 0.4) is 0 Å². The summed E-state index contributed by atoms with van der Waals surface area (Å²) >= 11 is 0. The van der Waals surface area contributed by atoms with Gasteiger partial charge in [0.05, 0.1) is 0 Å². The third-order valence-corrected chi connectivity index (χ3v) is 6.97. The number of hydrogen-bond donors (Lipinski definition) is 2. The van der Waals surface area contributed by atoms with Crippen LogP contribution in [0.15, 0.2) is 78.9 Å². The van der Waals surface area contributed by atoms with Crippen molar-refractivity contribution < 1.29 is 4.74 Å². The zero-order valence-corrected chi connectivity index (χ0v) is 18.1. The second kappa shape index (κ2) is 9.25. The van der Waals surface area contributed by atoms with Crippen molar-refractivity contribution in [2.45, 2.75) is 31.1 Å². The van der Waals surface area contributed by atoms with Gasteiger partial charge in [0.1, 0.15) is 11.5 Å². The topological polar surface area (TPSA) is 33.3 Å². The van der Waals surface area contributed by atoms with E-state index in [0.717, 1.165) is 50.5 Å². The van der Waals surface area contributed by atoms with Gasteiger partial charge in [-0.2, -0.15) is 0 Å². The van der Waals surface area contributed by atoms with Crippen molar-refractivity contribution in [2.24, 2.45) is 5.92 Å². The number of fused-ring (bicyclic) bond motifs is 2. The molecule has 3 nitrogen and oxygen atoms in total. The van der Waals surface area contributed by atoms with Crippen LogP contribution in [-0.4, -0.2) is 26.2 Å². The highest BCUT2D eigenvalue weighted by Crippen LogP contribution is 2.50. The van der Waals surface area contributed by atoms with E-state index < -0.39 is 0 Å². The van der Waals surface area contributed by atoms with Crippen molar-refractivity contribution in [1.29, 1.82) is 0 Å². The SMILES string of the molecule is c1ccc(CCC2(CNCC3CCCNC3)c3ccccc3Oc3ccccc32)cc1. The van der Waals surface area contributed by atoms with Crippen molar-refractivity contribution in [1.82, 2.24) is 10.6 Å². The molecule has 2 aliphatic heterocycles. The van der Waals surface area contributed by atoms with Crippen molar-refractivity contribution in [3.63, 3.8) is 0 Å². The maximum atomic E-state index is 6.34. The van der Waals surface area contributed by atoms with E-state index in [4.69, 9.17) is 4.74 Å². The second-order valence-corrected chi connectivity index (χ2v) is 9.01. The summed E-state index contributed by atoms with van der Waals surface area (Å²) in [7, 11) is 0. The lowest BCUT2D eigenvalue weighted by molar-refractivity contribution is 0.324. The minimum atomic E-state index is -0.108. The molecule has 0 saturated carbocycles. The number of rotatable bonds is 7. The number of ether oxygens (including phenoxy) is 1. The minimum Gasteiger partial charge on any atom is -0.457 e. The number of aryl methyl sites for hydroxylation is 1. The van der Waals surface area contributed by atoms with Crippen LogP contribution in [-0.2, 0) is 11.8 Å². The normalized spacial score (nSPS) is 19.2. The molecule has 0 aliphatic carbocycles. The smallest absolute Gasteiger partial charge is 0.131 e. The number of benzene rings is 3. The first-order valence-electron chi connectivity index (χ1n) is 11.7. The average Bonchev–Trinajstić information content (AvgIpc) is 2.84. The molecule has 5 rings (SSSR count). The number of piperidine rings is 1. The Morgan fingerprint density at radius 1 is 0.871 bits per heavy atom. The van der Waals surface area contributed by atoms with Gasteiger partial charge in [-0.15, -0.1) is 0 Å². The van der Waals surface area contributed by atoms with E-state index in [1.54, 1.807) is 0 Å². The molecule has 0 aromatic heterocycles. The van der Waals surface area contributed by atoms with Gasteiger partial charge in [0.25, 0.3) is 0 Å². The van der Waals surface area contributed by atoms with Gasteiger partial charge in [-0.3, -0.25) is 0 Å². The maximum Gasteiger partial charge on any atom is 0.131 e. The standard InChI is InChI=1S/C28H32N2O/c1-2-9-22(10-3-1)16-17-28(21-30-20-23-11-8-18-29-19-23)24-12-4-6-14-26(24)31-27-15-7-5-13-25(27)28/h1-7,9-10,12-15,23,29-30H,8,11,16-21H2. The van der Waals surface area contributed by atoms with Gasteiger partial charge >= 0.3 is 0 Å². The highest BCUT2D eigenvalue weighted by molar-refractivity contribution is 5.58. The lowest BCUT2D eigenvalue weighted by Gasteiger charge is -2.41. The predicted octanol–water partition coefficient (Wildman–Crippen LogP) is 5.30. The van der Waals surface area contributed by atoms with E-state index >= 15 is 0 Å². The Hall–Kier alpha value is -2.62. The molecular weight excluding hydrogens is 380 g/mol. The first-order valence-corrected chi connectivity index (χ1v) is 11.7. The molecule has 1 unspecified atom stereocenters. The maximum absolute atomic E-state index is 6.34. The number of para-hydroxylation sites is 2. The van der Waals surface area contributed by atoms with Crippen LogP contribution in [0.1, 0.15) is 36.0 Å². The Bertz CT molecular complexity index is 949. The molecule has 0 radical (unpaired) electrons. The Morgan fingerprint density at radius 2 is 1.55 bits per heavy atom. The lowest BCUT2D eigenvalue weighted by atomic mass is 9.68. The van der Waals surface area contributed by atoms with Crippen LogP contribution in [0.5, 0.6) is 11.5 Å². The zero-order valence-electron chi connectivity index (χ0n) is 18.1. The van der Waals surface area contributed by atoms with Crippen LogP contribution in [0.4, 0.5) is 0 Å². The molecule has 160 valence electrons. The highest BCUT2D eigenvalue weighted by atomic mass is 16.5. The van der Waals surface area contributed by atoms with E-state index in [9.17, 15) is 0 Å². The molecule has 0 bridgehead atoms. The summed E-state index contributed by atoms with van der Waals surface area (Å²) in [5.41, 5.74) is 3.89. The summed E-state index contributed by atoms with van der Waals surface area (Å²) in [6, 6.07) is 28.1. The third-order valence-electron chi connectivity index (χ3n) is 6.97. The second-order valence-electron chi connectivity index (χ2n) is 9.01. The van der Waals surface area contributed by atoms with Crippen molar-refractivity contribution in [3.05, 3.63) is 95.6 Å². The lowest BCUT2D eigenvalue weighted by Crippen LogP contribution is -2.44. The molecular formula is C28H32N2O. The van der Waals surface area contributed by atoms with Gasteiger partial charge in [0, 0.05) is 23.1 Å². The summed E-state index contributed by atoms with van der Waals surface area (Å²) in [6.07, 6.45) is 4.68. The van der Waals surface area contributed by atoms with E-state index in [1.165, 1.54) is 29.5 Å². The van der Waals surface area contributed by atoms with Crippen LogP contribution in [0.2, 0.25) is 0 Å². The van der Waals surface area contributed by atoms with Crippen LogP contribution >= 0.6 is 0 Å². The number of nitrogens with one attached hydrogen (secondary N) is 2. The largest absolute Gasteiger partial charge is 0.457 e. The highest BCUT2D eigenvalue weighted by Gasteiger charge is 2.41. The molecule has 3 aromatic rings. The Labute approximate surface area is 185 Å². The molecule has 31 heavy (non-hydrogen) atoms. The minimum absolute atomic E-state index is 0.108. The molecule has 2 N–H and O–H groups in total. The fourth-order valence-electron chi connectivity index (χ4n) is 5.30. The fourth-order valence-corrected chi connectivity index (χ4v) is 5.30. The molecule has 3 aromatic carbocycles. The molecule has 1 atom stereocenters. The van der Waals surface area contributed by atoms with Gasteiger partial charge < -0.3 is 15.4 Å². The third kappa shape index (κ3) is 4.26. The Kier molecular flexibility index (Phi) is 6.06. The quantitative estimate of drug-likeness (QED) is 0.552. The van der Waals surface area contributed by atoms with Crippen LogP contribution < -0.4 is 15.4 Å². The molecule has 3 heteroatoms. The van der Waals surface area contributed by atoms with Crippen LogP contribution in [0.25, 0.3) is 0 Å². The summed E-state index contributed by atoms with van der Waals surface area (Å²) in [5.74, 6) is 2.70. The molecule has 2 heterocycles. The van der Waals surface area contributed by atoms with Gasteiger partial charge in [0.15, 0.2) is 0 Å². The molecule has 0 spiro atoms. The number of hydrogen-bond acceptors (Lipinski definition) is 3. The molecule has 1 saturated heterocycles. The van der Waals surface area contributed by atoms with Crippen molar-refractivity contribution in [2.75, 3.05) is 26.2 Å². The molecule has 1 fully saturated rings. The molecule has 0 amide bonds. The molecule has 2 aliphatic rings. The fraction of sp³-hybridized carbons (Fsp3) is 0.357. The zero-order chi connectivity index (χ0) is 20.9. The summed E-state index contributed by atoms with van der Waals surface area (Å²) in [5, 5.41) is 7.44. The van der Waals surface area contributed by atoms with E-state index in [1.807, 2.05) is 0 Å². The van der Waals surface area contributed by atoms with Crippen molar-refractivity contribution in [3.8, 4) is 11.5 Å². The van der Waals surface area contributed by atoms with E-state index in [0.29, 0.717) is 5.92 Å². The first kappa shape index (κ1) is 20.3. The van der Waals surface area contributed by atoms with Crippen molar-refractivity contribution >= 4 is 0 Å². The van der Waals surface area contributed by atoms with Gasteiger partial charge in [0.2, 0.25) is 0 Å². The van der Waals surface area contributed by atoms with E-state index in [-0.39, 0.29) is 5.41 Å². The van der Waals surface area contributed by atoms with E-state index in [2.05, 4.69) is 89.5 Å². The summed E-state index contributed by atoms with van der Waals surface area (Å²) < 4.78 is 6.34.